The Morgan fingerprint density at radius 2 is 1.93 bits per heavy atom. The number of nitrogen functional groups attached to an aromatic ring is 1. The van der Waals surface area contributed by atoms with Gasteiger partial charge in [0.15, 0.2) is 0 Å². The molecule has 0 bridgehead atoms. The molecule has 0 aliphatic heterocycles. The Hall–Kier alpha value is -1.84. The van der Waals surface area contributed by atoms with Crippen molar-refractivity contribution in [2.75, 3.05) is 5.73 Å². The summed E-state index contributed by atoms with van der Waals surface area (Å²) in [6.07, 6.45) is 3.54. The third-order valence-electron chi connectivity index (χ3n) is 2.63. The Kier molecular flexibility index (Phi) is 2.19. The maximum Gasteiger partial charge on any atom is 0.140 e. The zero-order chi connectivity index (χ0) is 11.0. The maximum absolute atomic E-state index is 5.84. The predicted octanol–water partition coefficient (Wildman–Crippen LogP) is 1.77. The van der Waals surface area contributed by atoms with Gasteiger partial charge in [-0.15, -0.1) is 0 Å². The lowest BCUT2D eigenvalue weighted by Gasteiger charge is -2.06. The van der Waals surface area contributed by atoms with E-state index < -0.39 is 0 Å². The van der Waals surface area contributed by atoms with Crippen molar-refractivity contribution in [3.05, 3.63) is 35.5 Å². The zero-order valence-electron chi connectivity index (χ0n) is 9.15. The van der Waals surface area contributed by atoms with E-state index in [1.165, 1.54) is 0 Å². The third kappa shape index (κ3) is 1.58. The fourth-order valence-corrected chi connectivity index (χ4v) is 1.39. The van der Waals surface area contributed by atoms with Gasteiger partial charge in [0, 0.05) is 23.6 Å². The van der Waals surface area contributed by atoms with Crippen LogP contribution in [0.2, 0.25) is 0 Å². The average Bonchev–Trinajstić information content (AvgIpc) is 2.53. The van der Waals surface area contributed by atoms with Crippen LogP contribution in [0.15, 0.2) is 18.6 Å². The Morgan fingerprint density at radius 3 is 2.47 bits per heavy atom. The van der Waals surface area contributed by atoms with Crippen molar-refractivity contribution >= 4 is 5.69 Å². The standard InChI is InChI=1S/C11H14N4/c1-7-5-13-11(4-10(7)12)15-6-14-8(2)9(15)3/h4-6H,1-3H3,(H2,12,13). The summed E-state index contributed by atoms with van der Waals surface area (Å²) in [7, 11) is 0. The minimum Gasteiger partial charge on any atom is -0.398 e. The summed E-state index contributed by atoms with van der Waals surface area (Å²) in [5.41, 5.74) is 9.69. The fraction of sp³-hybridized carbons (Fsp3) is 0.273. The smallest absolute Gasteiger partial charge is 0.140 e. The minimum atomic E-state index is 0.755. The lowest BCUT2D eigenvalue weighted by Crippen LogP contribution is -2.01. The summed E-state index contributed by atoms with van der Waals surface area (Å²) in [4.78, 5) is 8.55. The maximum atomic E-state index is 5.84. The van der Waals surface area contributed by atoms with Gasteiger partial charge in [0.05, 0.1) is 5.69 Å². The number of aryl methyl sites for hydroxylation is 2. The molecule has 2 heterocycles. The van der Waals surface area contributed by atoms with Gasteiger partial charge in [0.25, 0.3) is 0 Å². The summed E-state index contributed by atoms with van der Waals surface area (Å²) in [6, 6.07) is 1.86. The van der Waals surface area contributed by atoms with Gasteiger partial charge >= 0.3 is 0 Å². The van der Waals surface area contributed by atoms with Gasteiger partial charge in [0.2, 0.25) is 0 Å². The van der Waals surface area contributed by atoms with Crippen molar-refractivity contribution in [1.82, 2.24) is 14.5 Å². The predicted molar refractivity (Wildman–Crippen MR) is 60.0 cm³/mol. The molecule has 4 nitrogen and oxygen atoms in total. The van der Waals surface area contributed by atoms with Crippen LogP contribution in [-0.2, 0) is 0 Å². The highest BCUT2D eigenvalue weighted by atomic mass is 15.1. The first-order valence-electron chi connectivity index (χ1n) is 4.82. The van der Waals surface area contributed by atoms with Gasteiger partial charge in [-0.05, 0) is 26.3 Å². The fourth-order valence-electron chi connectivity index (χ4n) is 1.39. The number of aromatic nitrogens is 3. The molecule has 0 spiro atoms. The number of nitrogens with zero attached hydrogens (tertiary/aromatic N) is 3. The SMILES string of the molecule is Cc1cnc(-n2cnc(C)c2C)cc1N. The second-order valence-electron chi connectivity index (χ2n) is 3.68. The number of rotatable bonds is 1. The molecular formula is C11H14N4. The molecule has 0 amide bonds. The third-order valence-corrected chi connectivity index (χ3v) is 2.63. The Balaban J connectivity index is 2.55. The van der Waals surface area contributed by atoms with Crippen LogP contribution >= 0.6 is 0 Å². The quantitative estimate of drug-likeness (QED) is 0.766. The molecule has 78 valence electrons. The summed E-state index contributed by atoms with van der Waals surface area (Å²) in [5, 5.41) is 0. The monoisotopic (exact) mass is 202 g/mol. The van der Waals surface area contributed by atoms with Crippen LogP contribution in [0, 0.1) is 20.8 Å². The Bertz CT molecular complexity index is 499. The Morgan fingerprint density at radius 1 is 1.20 bits per heavy atom. The van der Waals surface area contributed by atoms with Crippen LogP contribution in [0.3, 0.4) is 0 Å². The van der Waals surface area contributed by atoms with Crippen molar-refractivity contribution in [1.29, 1.82) is 0 Å². The van der Waals surface area contributed by atoms with E-state index in [9.17, 15) is 0 Å². The average molecular weight is 202 g/mol. The summed E-state index contributed by atoms with van der Waals surface area (Å²) < 4.78 is 1.94. The number of pyridine rings is 1. The van der Waals surface area contributed by atoms with E-state index in [2.05, 4.69) is 9.97 Å². The van der Waals surface area contributed by atoms with Gasteiger partial charge in [-0.3, -0.25) is 4.57 Å². The molecule has 0 aromatic carbocycles. The molecule has 0 atom stereocenters. The molecule has 0 saturated heterocycles. The molecule has 2 rings (SSSR count). The van der Waals surface area contributed by atoms with Crippen molar-refractivity contribution in [2.45, 2.75) is 20.8 Å². The van der Waals surface area contributed by atoms with Gasteiger partial charge < -0.3 is 5.73 Å². The van der Waals surface area contributed by atoms with E-state index in [0.717, 1.165) is 28.5 Å². The molecule has 0 saturated carbocycles. The molecule has 0 radical (unpaired) electrons. The summed E-state index contributed by atoms with van der Waals surface area (Å²) >= 11 is 0. The van der Waals surface area contributed by atoms with Gasteiger partial charge in [-0.1, -0.05) is 0 Å². The van der Waals surface area contributed by atoms with Crippen molar-refractivity contribution in [3.63, 3.8) is 0 Å². The Labute approximate surface area is 88.8 Å². The minimum absolute atomic E-state index is 0.755. The topological polar surface area (TPSA) is 56.7 Å². The van der Waals surface area contributed by atoms with Crippen LogP contribution in [0.5, 0.6) is 0 Å². The van der Waals surface area contributed by atoms with Crippen LogP contribution < -0.4 is 5.73 Å². The van der Waals surface area contributed by atoms with Crippen molar-refractivity contribution in [3.8, 4) is 5.82 Å². The lowest BCUT2D eigenvalue weighted by atomic mass is 10.2. The second kappa shape index (κ2) is 3.38. The number of hydrogen-bond acceptors (Lipinski definition) is 3. The highest BCUT2D eigenvalue weighted by molar-refractivity contribution is 5.49. The molecule has 0 aliphatic rings. The van der Waals surface area contributed by atoms with Crippen LogP contribution in [0.25, 0.3) is 5.82 Å². The molecule has 2 N–H and O–H groups in total. The van der Waals surface area contributed by atoms with Gasteiger partial charge in [0.1, 0.15) is 12.1 Å². The van der Waals surface area contributed by atoms with E-state index in [1.807, 2.05) is 31.4 Å². The second-order valence-corrected chi connectivity index (χ2v) is 3.68. The normalized spacial score (nSPS) is 10.6. The number of anilines is 1. The molecule has 15 heavy (non-hydrogen) atoms. The molecule has 2 aromatic rings. The highest BCUT2D eigenvalue weighted by Crippen LogP contribution is 2.16. The largest absolute Gasteiger partial charge is 0.398 e. The molecule has 0 aliphatic carbocycles. The molecule has 0 fully saturated rings. The molecule has 0 unspecified atom stereocenters. The van der Waals surface area contributed by atoms with Gasteiger partial charge in [-0.25, -0.2) is 9.97 Å². The first kappa shape index (κ1) is 9.71. The number of nitrogens with two attached hydrogens (primary N) is 1. The van der Waals surface area contributed by atoms with Crippen LogP contribution in [0.1, 0.15) is 17.0 Å². The molecular weight excluding hydrogens is 188 g/mol. The first-order chi connectivity index (χ1) is 7.09. The van der Waals surface area contributed by atoms with E-state index >= 15 is 0 Å². The summed E-state index contributed by atoms with van der Waals surface area (Å²) in [6.45, 7) is 5.93. The van der Waals surface area contributed by atoms with Crippen molar-refractivity contribution in [2.24, 2.45) is 0 Å². The van der Waals surface area contributed by atoms with E-state index in [0.29, 0.717) is 0 Å². The van der Waals surface area contributed by atoms with Gasteiger partial charge in [-0.2, -0.15) is 0 Å². The van der Waals surface area contributed by atoms with Crippen LogP contribution in [-0.4, -0.2) is 14.5 Å². The number of imidazole rings is 1. The van der Waals surface area contributed by atoms with E-state index in [-0.39, 0.29) is 0 Å². The van der Waals surface area contributed by atoms with Crippen LogP contribution in [0.4, 0.5) is 5.69 Å². The van der Waals surface area contributed by atoms with E-state index in [1.54, 1.807) is 12.5 Å². The highest BCUT2D eigenvalue weighted by Gasteiger charge is 2.06. The zero-order valence-corrected chi connectivity index (χ0v) is 9.15. The lowest BCUT2D eigenvalue weighted by molar-refractivity contribution is 0.948. The molecule has 4 heteroatoms. The van der Waals surface area contributed by atoms with E-state index in [4.69, 9.17) is 5.73 Å². The first-order valence-corrected chi connectivity index (χ1v) is 4.82. The van der Waals surface area contributed by atoms with Crippen molar-refractivity contribution < 1.29 is 0 Å². The molecule has 2 aromatic heterocycles. The number of hydrogen-bond donors (Lipinski definition) is 1. The summed E-state index contributed by atoms with van der Waals surface area (Å²) in [5.74, 6) is 0.816.